The number of rotatable bonds is 12. The number of nitrogens with one attached hydrogen (secondary N) is 1. The first kappa shape index (κ1) is 31.2. The molecule has 0 radical (unpaired) electrons. The Morgan fingerprint density at radius 1 is 0.900 bits per heavy atom. The van der Waals surface area contributed by atoms with Crippen molar-refractivity contribution in [3.63, 3.8) is 0 Å². The van der Waals surface area contributed by atoms with Gasteiger partial charge in [0.25, 0.3) is 10.0 Å². The summed E-state index contributed by atoms with van der Waals surface area (Å²) in [5, 5.41) is 2.91. The number of hydrogen-bond acceptors (Lipinski definition) is 5. The number of anilines is 1. The van der Waals surface area contributed by atoms with Gasteiger partial charge in [0, 0.05) is 18.0 Å². The Bertz CT molecular complexity index is 1410. The van der Waals surface area contributed by atoms with E-state index in [9.17, 15) is 18.0 Å². The van der Waals surface area contributed by atoms with Crippen molar-refractivity contribution in [2.24, 2.45) is 5.92 Å². The van der Waals surface area contributed by atoms with Crippen LogP contribution in [0.1, 0.15) is 37.5 Å². The zero-order valence-electron chi connectivity index (χ0n) is 24.0. The van der Waals surface area contributed by atoms with E-state index in [1.165, 1.54) is 16.7 Å². The molecule has 3 rings (SSSR count). The van der Waals surface area contributed by atoms with Crippen molar-refractivity contribution in [3.05, 3.63) is 89.5 Å². The predicted octanol–water partition coefficient (Wildman–Crippen LogP) is 5.41. The van der Waals surface area contributed by atoms with Crippen molar-refractivity contribution in [1.82, 2.24) is 10.2 Å². The Hall–Kier alpha value is -3.30. The summed E-state index contributed by atoms with van der Waals surface area (Å²) < 4.78 is 29.0. The summed E-state index contributed by atoms with van der Waals surface area (Å²) in [5.41, 5.74) is 3.22. The summed E-state index contributed by atoms with van der Waals surface area (Å²) in [5.74, 6) is -0.512. The third kappa shape index (κ3) is 8.11. The lowest BCUT2D eigenvalue weighted by Crippen LogP contribution is -2.51. The Balaban J connectivity index is 2.01. The van der Waals surface area contributed by atoms with Crippen molar-refractivity contribution in [1.29, 1.82) is 0 Å². The van der Waals surface area contributed by atoms with E-state index in [0.717, 1.165) is 25.9 Å². The van der Waals surface area contributed by atoms with E-state index < -0.39 is 28.5 Å². The highest BCUT2D eigenvalue weighted by molar-refractivity contribution is 7.98. The maximum absolute atomic E-state index is 14.0. The number of nitrogens with zero attached hydrogens (tertiary/aromatic N) is 2. The first-order valence-electron chi connectivity index (χ1n) is 13.3. The maximum atomic E-state index is 14.0. The fourth-order valence-corrected chi connectivity index (χ4v) is 5.98. The SMILES string of the molecule is CSc1ccc(S(=O)(=O)N(CC(=O)N(Cc2cccc(C)c2)[C@@H](C)C(=O)NCC(C)C)c2ccc(C)cc2)cc1. The normalized spacial score (nSPS) is 12.2. The van der Waals surface area contributed by atoms with Crippen molar-refractivity contribution in [2.75, 3.05) is 23.7 Å². The van der Waals surface area contributed by atoms with Gasteiger partial charge in [-0.05, 0) is 74.9 Å². The zero-order chi connectivity index (χ0) is 29.4. The molecule has 3 aromatic carbocycles. The lowest BCUT2D eigenvalue weighted by Gasteiger charge is -2.32. The Labute approximate surface area is 243 Å². The van der Waals surface area contributed by atoms with E-state index >= 15 is 0 Å². The molecule has 0 aliphatic heterocycles. The van der Waals surface area contributed by atoms with Gasteiger partial charge in [-0.3, -0.25) is 13.9 Å². The molecule has 0 saturated heterocycles. The van der Waals surface area contributed by atoms with Crippen molar-refractivity contribution >= 4 is 39.3 Å². The summed E-state index contributed by atoms with van der Waals surface area (Å²) in [6, 6.07) is 20.5. The topological polar surface area (TPSA) is 86.8 Å². The Morgan fingerprint density at radius 3 is 2.12 bits per heavy atom. The van der Waals surface area contributed by atoms with Crippen LogP contribution in [0.5, 0.6) is 0 Å². The molecule has 0 spiro atoms. The minimum Gasteiger partial charge on any atom is -0.354 e. The summed E-state index contributed by atoms with van der Waals surface area (Å²) in [6.45, 7) is 9.73. The average Bonchev–Trinajstić information content (AvgIpc) is 2.93. The molecule has 3 aromatic rings. The lowest BCUT2D eigenvalue weighted by molar-refractivity contribution is -0.139. The van der Waals surface area contributed by atoms with Crippen molar-refractivity contribution in [2.45, 2.75) is 57.0 Å². The average molecular weight is 582 g/mol. The number of aryl methyl sites for hydroxylation is 2. The fourth-order valence-electron chi connectivity index (χ4n) is 4.16. The van der Waals surface area contributed by atoms with Gasteiger partial charge in [0.15, 0.2) is 0 Å². The minimum atomic E-state index is -4.09. The third-order valence-electron chi connectivity index (χ3n) is 6.54. The summed E-state index contributed by atoms with van der Waals surface area (Å²) in [7, 11) is -4.09. The molecule has 0 aliphatic carbocycles. The number of sulfonamides is 1. The fraction of sp³-hybridized carbons (Fsp3) is 0.355. The molecule has 7 nitrogen and oxygen atoms in total. The van der Waals surface area contributed by atoms with Crippen LogP contribution in [0.4, 0.5) is 5.69 Å². The maximum Gasteiger partial charge on any atom is 0.264 e. The molecule has 1 atom stereocenters. The van der Waals surface area contributed by atoms with E-state index in [4.69, 9.17) is 0 Å². The Morgan fingerprint density at radius 2 is 1.55 bits per heavy atom. The lowest BCUT2D eigenvalue weighted by atomic mass is 10.1. The molecule has 1 N–H and O–H groups in total. The van der Waals surface area contributed by atoms with Crippen LogP contribution in [-0.2, 0) is 26.2 Å². The molecule has 214 valence electrons. The van der Waals surface area contributed by atoms with E-state index in [1.807, 2.05) is 70.3 Å². The molecule has 0 aromatic heterocycles. The number of thioether (sulfide) groups is 1. The first-order valence-corrected chi connectivity index (χ1v) is 15.9. The van der Waals surface area contributed by atoms with Crippen LogP contribution >= 0.6 is 11.8 Å². The number of carbonyl (C=O) groups excluding carboxylic acids is 2. The predicted molar refractivity (Wildman–Crippen MR) is 163 cm³/mol. The van der Waals surface area contributed by atoms with Gasteiger partial charge in [-0.2, -0.15) is 0 Å². The molecule has 0 bridgehead atoms. The quantitative estimate of drug-likeness (QED) is 0.289. The molecular formula is C31H39N3O4S2. The second kappa shape index (κ2) is 13.9. The summed E-state index contributed by atoms with van der Waals surface area (Å²) >= 11 is 1.52. The summed E-state index contributed by atoms with van der Waals surface area (Å²) in [4.78, 5) is 29.5. The third-order valence-corrected chi connectivity index (χ3v) is 9.07. The van der Waals surface area contributed by atoms with Gasteiger partial charge < -0.3 is 10.2 Å². The van der Waals surface area contributed by atoms with E-state index in [-0.39, 0.29) is 23.3 Å². The molecule has 0 heterocycles. The van der Waals surface area contributed by atoms with E-state index in [0.29, 0.717) is 12.2 Å². The molecule has 40 heavy (non-hydrogen) atoms. The van der Waals surface area contributed by atoms with Crippen LogP contribution in [0.2, 0.25) is 0 Å². The highest BCUT2D eigenvalue weighted by Crippen LogP contribution is 2.26. The first-order chi connectivity index (χ1) is 18.9. The van der Waals surface area contributed by atoms with Crippen LogP contribution in [0, 0.1) is 19.8 Å². The standard InChI is InChI=1S/C31H39N3O4S2/c1-22(2)19-32-31(36)25(5)33(20-26-9-7-8-24(4)18-26)30(35)21-34(27-12-10-23(3)11-13-27)40(37,38)29-16-14-28(39-6)15-17-29/h7-18,22,25H,19-21H2,1-6H3,(H,32,36)/t25-/m0/s1. The van der Waals surface area contributed by atoms with Crippen LogP contribution in [-0.4, -0.2) is 50.5 Å². The van der Waals surface area contributed by atoms with Crippen LogP contribution in [0.3, 0.4) is 0 Å². The second-order valence-electron chi connectivity index (χ2n) is 10.3. The molecule has 0 aliphatic rings. The molecule has 9 heteroatoms. The molecule has 0 fully saturated rings. The highest BCUT2D eigenvalue weighted by Gasteiger charge is 2.32. The molecule has 0 unspecified atom stereocenters. The van der Waals surface area contributed by atoms with E-state index in [1.54, 1.807) is 43.3 Å². The van der Waals surface area contributed by atoms with Gasteiger partial charge in [-0.1, -0.05) is 61.4 Å². The smallest absolute Gasteiger partial charge is 0.264 e. The number of hydrogen-bond donors (Lipinski definition) is 1. The van der Waals surface area contributed by atoms with Gasteiger partial charge >= 0.3 is 0 Å². The van der Waals surface area contributed by atoms with E-state index in [2.05, 4.69) is 5.32 Å². The Kier molecular flexibility index (Phi) is 10.8. The zero-order valence-corrected chi connectivity index (χ0v) is 25.7. The van der Waals surface area contributed by atoms with Crippen molar-refractivity contribution < 1.29 is 18.0 Å². The largest absolute Gasteiger partial charge is 0.354 e. The van der Waals surface area contributed by atoms with Crippen LogP contribution in [0.25, 0.3) is 0 Å². The van der Waals surface area contributed by atoms with Crippen molar-refractivity contribution in [3.8, 4) is 0 Å². The van der Waals surface area contributed by atoms with Gasteiger partial charge in [-0.15, -0.1) is 11.8 Å². The number of benzene rings is 3. The van der Waals surface area contributed by atoms with Crippen LogP contribution < -0.4 is 9.62 Å². The number of carbonyl (C=O) groups is 2. The second-order valence-corrected chi connectivity index (χ2v) is 13.1. The summed E-state index contributed by atoms with van der Waals surface area (Å²) in [6.07, 6.45) is 1.92. The van der Waals surface area contributed by atoms with Gasteiger partial charge in [0.2, 0.25) is 11.8 Å². The monoisotopic (exact) mass is 581 g/mol. The van der Waals surface area contributed by atoms with Crippen LogP contribution in [0.15, 0.2) is 82.6 Å². The number of amides is 2. The molecular weight excluding hydrogens is 542 g/mol. The van der Waals surface area contributed by atoms with Gasteiger partial charge in [-0.25, -0.2) is 8.42 Å². The van der Waals surface area contributed by atoms with Gasteiger partial charge in [0.05, 0.1) is 10.6 Å². The van der Waals surface area contributed by atoms with Gasteiger partial charge in [0.1, 0.15) is 12.6 Å². The minimum absolute atomic E-state index is 0.0895. The molecule has 0 saturated carbocycles. The highest BCUT2D eigenvalue weighted by atomic mass is 32.2. The molecule has 2 amide bonds.